The first-order valence-corrected chi connectivity index (χ1v) is 10.6. The van der Waals surface area contributed by atoms with Crippen molar-refractivity contribution in [1.29, 1.82) is 0 Å². The van der Waals surface area contributed by atoms with Crippen molar-refractivity contribution in [2.24, 2.45) is 10.9 Å². The van der Waals surface area contributed by atoms with Crippen molar-refractivity contribution in [2.45, 2.75) is 50.7 Å². The van der Waals surface area contributed by atoms with Gasteiger partial charge in [-0.3, -0.25) is 9.89 Å². The third kappa shape index (κ3) is 5.37. The first-order valence-electron chi connectivity index (χ1n) is 10.2. The van der Waals surface area contributed by atoms with E-state index in [2.05, 4.69) is 46.6 Å². The lowest BCUT2D eigenvalue weighted by Gasteiger charge is -2.40. The quantitative estimate of drug-likeness (QED) is 0.514. The van der Waals surface area contributed by atoms with Crippen molar-refractivity contribution in [3.05, 3.63) is 34.9 Å². The van der Waals surface area contributed by atoms with Gasteiger partial charge in [-0.25, -0.2) is 0 Å². The molecule has 1 aliphatic heterocycles. The minimum Gasteiger partial charge on any atom is -0.388 e. The van der Waals surface area contributed by atoms with Gasteiger partial charge in [0.25, 0.3) is 0 Å². The summed E-state index contributed by atoms with van der Waals surface area (Å²) in [5.74, 6) is 1.29. The lowest BCUT2D eigenvalue weighted by atomic mass is 9.80. The Labute approximate surface area is 168 Å². The predicted molar refractivity (Wildman–Crippen MR) is 112 cm³/mol. The van der Waals surface area contributed by atoms with Crippen LogP contribution in [0, 0.1) is 5.92 Å². The number of rotatable bonds is 6. The van der Waals surface area contributed by atoms with Gasteiger partial charge in [0.05, 0.1) is 12.1 Å². The lowest BCUT2D eigenvalue weighted by molar-refractivity contribution is -0.0236. The molecule has 0 aromatic heterocycles. The van der Waals surface area contributed by atoms with Crippen LogP contribution in [0.5, 0.6) is 0 Å². The number of guanidine groups is 1. The topological polar surface area (TPSA) is 59.9 Å². The Morgan fingerprint density at radius 2 is 2.15 bits per heavy atom. The molecule has 0 bridgehead atoms. The number of halogens is 1. The van der Waals surface area contributed by atoms with Crippen molar-refractivity contribution in [3.63, 3.8) is 0 Å². The van der Waals surface area contributed by atoms with E-state index in [1.807, 2.05) is 12.1 Å². The number of nitrogens with zero attached hydrogens (tertiary/aromatic N) is 2. The summed E-state index contributed by atoms with van der Waals surface area (Å²) < 4.78 is 0. The SMILES string of the molecule is CCNC(=NCC1(O)CCC1)NCC1CCCN(C)C1c1cccc(Cl)c1. The van der Waals surface area contributed by atoms with Crippen molar-refractivity contribution in [1.82, 2.24) is 15.5 Å². The Morgan fingerprint density at radius 1 is 1.33 bits per heavy atom. The molecule has 1 aliphatic carbocycles. The summed E-state index contributed by atoms with van der Waals surface area (Å²) in [6.45, 7) is 5.32. The normalized spacial score (nSPS) is 25.7. The zero-order chi connectivity index (χ0) is 19.3. The van der Waals surface area contributed by atoms with Crippen molar-refractivity contribution < 1.29 is 5.11 Å². The monoisotopic (exact) mass is 392 g/mol. The van der Waals surface area contributed by atoms with E-state index in [1.165, 1.54) is 18.4 Å². The van der Waals surface area contributed by atoms with Crippen LogP contribution >= 0.6 is 11.6 Å². The Hall–Kier alpha value is -1.30. The van der Waals surface area contributed by atoms with E-state index >= 15 is 0 Å². The van der Waals surface area contributed by atoms with Crippen LogP contribution in [-0.2, 0) is 0 Å². The summed E-state index contributed by atoms with van der Waals surface area (Å²) in [5, 5.41) is 17.9. The fourth-order valence-corrected chi connectivity index (χ4v) is 4.43. The Balaban J connectivity index is 1.66. The molecule has 3 N–H and O–H groups in total. The van der Waals surface area contributed by atoms with Crippen LogP contribution in [-0.4, -0.2) is 54.8 Å². The van der Waals surface area contributed by atoms with Crippen LogP contribution in [0.15, 0.2) is 29.3 Å². The molecule has 0 amide bonds. The van der Waals surface area contributed by atoms with Gasteiger partial charge in [0.2, 0.25) is 0 Å². The third-order valence-electron chi connectivity index (χ3n) is 5.89. The van der Waals surface area contributed by atoms with Crippen LogP contribution in [0.4, 0.5) is 0 Å². The number of aliphatic hydroxyl groups is 1. The molecule has 150 valence electrons. The van der Waals surface area contributed by atoms with E-state index in [0.29, 0.717) is 18.5 Å². The molecule has 6 heteroatoms. The molecule has 1 aromatic carbocycles. The maximum Gasteiger partial charge on any atom is 0.191 e. The standard InChI is InChI=1S/C21H33ClN4O/c1-3-23-20(25-15-21(27)10-6-11-21)24-14-17-8-5-12-26(2)19(17)16-7-4-9-18(22)13-16/h4,7,9,13,17,19,27H,3,5-6,8,10-12,14-15H2,1-2H3,(H2,23,24,25). The summed E-state index contributed by atoms with van der Waals surface area (Å²) >= 11 is 6.24. The Bertz CT molecular complexity index is 647. The molecule has 0 spiro atoms. The average molecular weight is 393 g/mol. The van der Waals surface area contributed by atoms with Gasteiger partial charge in [-0.15, -0.1) is 0 Å². The second kappa shape index (κ2) is 9.26. The lowest BCUT2D eigenvalue weighted by Crippen LogP contribution is -2.46. The van der Waals surface area contributed by atoms with Crippen molar-refractivity contribution >= 4 is 17.6 Å². The molecule has 2 unspecified atom stereocenters. The smallest absolute Gasteiger partial charge is 0.191 e. The molecule has 0 radical (unpaired) electrons. The van der Waals surface area contributed by atoms with Crippen LogP contribution in [0.2, 0.25) is 5.02 Å². The number of hydrogen-bond acceptors (Lipinski definition) is 3. The molecular weight excluding hydrogens is 360 g/mol. The maximum absolute atomic E-state index is 10.3. The molecule has 1 saturated carbocycles. The molecule has 1 heterocycles. The minimum absolute atomic E-state index is 0.351. The summed E-state index contributed by atoms with van der Waals surface area (Å²) in [6.07, 6.45) is 5.21. The van der Waals surface area contributed by atoms with E-state index in [4.69, 9.17) is 11.6 Å². The van der Waals surface area contributed by atoms with Crippen LogP contribution in [0.1, 0.15) is 50.6 Å². The third-order valence-corrected chi connectivity index (χ3v) is 6.12. The summed E-state index contributed by atoms with van der Waals surface area (Å²) in [6, 6.07) is 8.59. The largest absolute Gasteiger partial charge is 0.388 e. The number of nitrogens with one attached hydrogen (secondary N) is 2. The van der Waals surface area contributed by atoms with Gasteiger partial charge >= 0.3 is 0 Å². The fraction of sp³-hybridized carbons (Fsp3) is 0.667. The molecular formula is C21H33ClN4O. The number of hydrogen-bond donors (Lipinski definition) is 3. The molecule has 27 heavy (non-hydrogen) atoms. The molecule has 2 atom stereocenters. The van der Waals surface area contributed by atoms with E-state index in [9.17, 15) is 5.11 Å². The highest BCUT2D eigenvalue weighted by Gasteiger charge is 2.34. The first kappa shape index (κ1) is 20.4. The number of likely N-dealkylation sites (tertiary alicyclic amines) is 1. The molecule has 3 rings (SSSR count). The molecule has 1 saturated heterocycles. The highest BCUT2D eigenvalue weighted by atomic mass is 35.5. The van der Waals surface area contributed by atoms with E-state index < -0.39 is 5.60 Å². The van der Waals surface area contributed by atoms with Gasteiger partial charge in [0.1, 0.15) is 0 Å². The first-order chi connectivity index (χ1) is 13.0. The van der Waals surface area contributed by atoms with Gasteiger partial charge in [-0.2, -0.15) is 0 Å². The number of piperidine rings is 1. The van der Waals surface area contributed by atoms with Gasteiger partial charge in [0.15, 0.2) is 5.96 Å². The molecule has 5 nitrogen and oxygen atoms in total. The number of benzene rings is 1. The average Bonchev–Trinajstić information content (AvgIpc) is 2.62. The van der Waals surface area contributed by atoms with Crippen LogP contribution in [0.25, 0.3) is 0 Å². The second-order valence-electron chi connectivity index (χ2n) is 8.04. The summed E-state index contributed by atoms with van der Waals surface area (Å²) in [4.78, 5) is 7.07. The Morgan fingerprint density at radius 3 is 2.81 bits per heavy atom. The molecule has 1 aromatic rings. The maximum atomic E-state index is 10.3. The Kier molecular flexibility index (Phi) is 7.01. The predicted octanol–water partition coefficient (Wildman–Crippen LogP) is 3.19. The highest BCUT2D eigenvalue weighted by Crippen LogP contribution is 2.35. The zero-order valence-electron chi connectivity index (χ0n) is 16.5. The van der Waals surface area contributed by atoms with E-state index in [-0.39, 0.29) is 0 Å². The van der Waals surface area contributed by atoms with Crippen molar-refractivity contribution in [2.75, 3.05) is 33.2 Å². The fourth-order valence-electron chi connectivity index (χ4n) is 4.23. The van der Waals surface area contributed by atoms with Crippen molar-refractivity contribution in [3.8, 4) is 0 Å². The van der Waals surface area contributed by atoms with Gasteiger partial charge in [-0.1, -0.05) is 23.7 Å². The molecule has 2 fully saturated rings. The zero-order valence-corrected chi connectivity index (χ0v) is 17.3. The van der Waals surface area contributed by atoms with Crippen LogP contribution < -0.4 is 10.6 Å². The van der Waals surface area contributed by atoms with E-state index in [1.54, 1.807) is 0 Å². The van der Waals surface area contributed by atoms with Gasteiger partial charge < -0.3 is 15.7 Å². The minimum atomic E-state index is -0.587. The second-order valence-corrected chi connectivity index (χ2v) is 8.47. The molecule has 2 aliphatic rings. The highest BCUT2D eigenvalue weighted by molar-refractivity contribution is 6.30. The van der Waals surface area contributed by atoms with Crippen LogP contribution in [0.3, 0.4) is 0 Å². The summed E-state index contributed by atoms with van der Waals surface area (Å²) in [5.41, 5.74) is 0.693. The van der Waals surface area contributed by atoms with Gasteiger partial charge in [0, 0.05) is 24.2 Å². The van der Waals surface area contributed by atoms with E-state index in [0.717, 1.165) is 49.9 Å². The summed E-state index contributed by atoms with van der Waals surface area (Å²) in [7, 11) is 2.20. The number of aliphatic imine (C=N–C) groups is 1. The van der Waals surface area contributed by atoms with Gasteiger partial charge in [-0.05, 0) is 76.2 Å².